The summed E-state index contributed by atoms with van der Waals surface area (Å²) >= 11 is 0. The van der Waals surface area contributed by atoms with Crippen molar-refractivity contribution in [2.45, 2.75) is 70.5 Å². The molecule has 52 heavy (non-hydrogen) atoms. The van der Waals surface area contributed by atoms with E-state index >= 15 is 4.79 Å². The van der Waals surface area contributed by atoms with E-state index in [4.69, 9.17) is 4.74 Å². The molecule has 6 nitrogen and oxygen atoms in total. The van der Waals surface area contributed by atoms with Crippen LogP contribution >= 0.6 is 0 Å². The minimum atomic E-state index is -0.858. The first-order chi connectivity index (χ1) is 25.1. The molecule has 6 aliphatic carbocycles. The first-order valence-electron chi connectivity index (χ1n) is 19.7. The summed E-state index contributed by atoms with van der Waals surface area (Å²) in [5, 5.41) is 24.1. The van der Waals surface area contributed by atoms with Crippen LogP contribution in [0.3, 0.4) is 0 Å². The van der Waals surface area contributed by atoms with Gasteiger partial charge in [-0.25, -0.2) is 0 Å². The highest BCUT2D eigenvalue weighted by Gasteiger charge is 2.74. The van der Waals surface area contributed by atoms with Gasteiger partial charge in [0.15, 0.2) is 5.78 Å². The lowest BCUT2D eigenvalue weighted by Crippen LogP contribution is -2.67. The number of fused-ring (bicyclic) bond motifs is 1. The number of β-amino-alcohol motifs (C(OH)–C–C–N with tert-alkyl or cyclic N) is 1. The van der Waals surface area contributed by atoms with E-state index in [0.29, 0.717) is 13.0 Å². The number of carbonyl (C=O) groups is 1. The van der Waals surface area contributed by atoms with Crippen LogP contribution in [-0.2, 0) is 0 Å². The minimum Gasteiger partial charge on any atom is -0.495 e. The molecule has 2 N–H and O–H groups in total. The van der Waals surface area contributed by atoms with E-state index in [2.05, 4.69) is 72.2 Å². The average Bonchev–Trinajstić information content (AvgIpc) is 3.44. The lowest BCUT2D eigenvalue weighted by Gasteiger charge is -2.71. The molecule has 4 fully saturated rings. The highest BCUT2D eigenvalue weighted by atomic mass is 16.5. The van der Waals surface area contributed by atoms with E-state index in [0.717, 1.165) is 98.4 Å². The van der Waals surface area contributed by atoms with Crippen molar-refractivity contribution in [2.24, 2.45) is 33.5 Å². The third-order valence-electron chi connectivity index (χ3n) is 15.5. The fraction of sp³-hybridized carbons (Fsp3) is 0.500. The van der Waals surface area contributed by atoms with E-state index in [9.17, 15) is 10.2 Å². The molecule has 2 bridgehead atoms. The SMILES string of the molecule is COc1ccccc1N1CCN(CC2(O)CCC3C45C=CC6(C=C4C(=O)c4ccccc4-c4ccccc4)CC(O)CCC6(C)C5CCC32C)CC1. The molecule has 8 atom stereocenters. The zero-order chi connectivity index (χ0) is 35.9. The maximum absolute atomic E-state index is 15.4. The Morgan fingerprint density at radius 1 is 0.808 bits per heavy atom. The second-order valence-electron chi connectivity index (χ2n) is 17.5. The van der Waals surface area contributed by atoms with Crippen molar-refractivity contribution in [2.75, 3.05) is 44.7 Å². The average molecular weight is 699 g/mol. The number of benzene rings is 3. The van der Waals surface area contributed by atoms with Crippen LogP contribution in [-0.4, -0.2) is 72.4 Å². The van der Waals surface area contributed by atoms with Crippen LogP contribution in [0.25, 0.3) is 11.1 Å². The van der Waals surface area contributed by atoms with Crippen LogP contribution in [0.15, 0.2) is 103 Å². The number of hydrogen-bond donors (Lipinski definition) is 2. The molecule has 1 aliphatic heterocycles. The van der Waals surface area contributed by atoms with Gasteiger partial charge in [0.25, 0.3) is 0 Å². The van der Waals surface area contributed by atoms with Crippen molar-refractivity contribution in [3.63, 3.8) is 0 Å². The van der Waals surface area contributed by atoms with Gasteiger partial charge < -0.3 is 19.8 Å². The molecule has 3 saturated carbocycles. The van der Waals surface area contributed by atoms with Crippen LogP contribution < -0.4 is 9.64 Å². The van der Waals surface area contributed by atoms with Gasteiger partial charge in [-0.15, -0.1) is 0 Å². The number of anilines is 1. The van der Waals surface area contributed by atoms with Gasteiger partial charge in [0.1, 0.15) is 5.75 Å². The zero-order valence-corrected chi connectivity index (χ0v) is 31.1. The van der Waals surface area contributed by atoms with Crippen molar-refractivity contribution < 1.29 is 19.7 Å². The normalized spacial score (nSPS) is 37.9. The summed E-state index contributed by atoms with van der Waals surface area (Å²) in [6, 6.07) is 26.6. The molecule has 0 aromatic heterocycles. The maximum atomic E-state index is 15.4. The number of carbonyl (C=O) groups excluding carboxylic acids is 1. The van der Waals surface area contributed by atoms with Crippen molar-refractivity contribution in [3.8, 4) is 16.9 Å². The number of Topliss-reactive ketones (excluding diaryl/α,β-unsaturated/α-hetero) is 1. The third-order valence-corrected chi connectivity index (χ3v) is 15.5. The first-order valence-corrected chi connectivity index (χ1v) is 19.7. The highest BCUT2D eigenvalue weighted by Crippen LogP contribution is 2.78. The number of methoxy groups -OCH3 is 1. The predicted octanol–water partition coefficient (Wildman–Crippen LogP) is 7.96. The Hall–Kier alpha value is -3.71. The number of para-hydroxylation sites is 2. The standard InChI is InChI=1S/C46H54N2O4/c1-42-20-17-33(49)29-44(42)23-24-46(36(30-44)41(50)35-14-8-7-13-34(35)32-11-5-4-6-12-32)39(42)18-21-43(2)40(46)19-22-45(43,51)31-47-25-27-48(28-26-47)37-15-9-10-16-38(37)52-3/h4-16,23-24,30,33,39-40,49,51H,17-22,25-29,31H2,1-3H3. The lowest BCUT2D eigenvalue weighted by molar-refractivity contribution is -0.176. The summed E-state index contributed by atoms with van der Waals surface area (Å²) in [5.74, 6) is 1.42. The molecule has 272 valence electrons. The van der Waals surface area contributed by atoms with Gasteiger partial charge in [-0.2, -0.15) is 0 Å². The quantitative estimate of drug-likeness (QED) is 0.193. The Morgan fingerprint density at radius 2 is 1.48 bits per heavy atom. The number of ketones is 1. The molecular formula is C46H54N2O4. The second-order valence-corrected chi connectivity index (χ2v) is 17.5. The molecule has 2 spiro atoms. The van der Waals surface area contributed by atoms with Gasteiger partial charge in [-0.3, -0.25) is 9.69 Å². The molecule has 7 aliphatic rings. The molecule has 1 saturated heterocycles. The molecule has 6 heteroatoms. The van der Waals surface area contributed by atoms with Crippen molar-refractivity contribution in [1.82, 2.24) is 4.90 Å². The van der Waals surface area contributed by atoms with E-state index in [1.165, 1.54) is 0 Å². The molecule has 8 unspecified atom stereocenters. The van der Waals surface area contributed by atoms with Gasteiger partial charge in [-0.1, -0.05) is 98.8 Å². The molecule has 0 amide bonds. The largest absolute Gasteiger partial charge is 0.495 e. The number of piperazine rings is 1. The Morgan fingerprint density at radius 3 is 2.27 bits per heavy atom. The number of hydrogen-bond acceptors (Lipinski definition) is 6. The molecule has 10 rings (SSSR count). The molecule has 3 aromatic rings. The molecule has 0 radical (unpaired) electrons. The number of aliphatic hydroxyl groups excluding tert-OH is 1. The van der Waals surface area contributed by atoms with Gasteiger partial charge >= 0.3 is 0 Å². The van der Waals surface area contributed by atoms with Crippen LogP contribution in [0, 0.1) is 33.5 Å². The number of aliphatic hydroxyl groups is 2. The second kappa shape index (κ2) is 12.2. The fourth-order valence-electron chi connectivity index (χ4n) is 12.7. The van der Waals surface area contributed by atoms with Crippen LogP contribution in [0.2, 0.25) is 0 Å². The topological polar surface area (TPSA) is 73.2 Å². The van der Waals surface area contributed by atoms with Gasteiger partial charge in [0.2, 0.25) is 0 Å². The molecular weight excluding hydrogens is 645 g/mol. The van der Waals surface area contributed by atoms with Crippen LogP contribution in [0.5, 0.6) is 5.75 Å². The Labute approximate surface area is 309 Å². The van der Waals surface area contributed by atoms with Gasteiger partial charge in [-0.05, 0) is 85.5 Å². The fourth-order valence-corrected chi connectivity index (χ4v) is 12.7. The number of nitrogens with zero attached hydrogens (tertiary/aromatic N) is 2. The van der Waals surface area contributed by atoms with E-state index < -0.39 is 11.0 Å². The lowest BCUT2D eigenvalue weighted by atomic mass is 9.32. The van der Waals surface area contributed by atoms with E-state index in [1.807, 2.05) is 48.5 Å². The zero-order valence-electron chi connectivity index (χ0n) is 31.1. The van der Waals surface area contributed by atoms with Gasteiger partial charge in [0.05, 0.1) is 24.5 Å². The smallest absolute Gasteiger partial charge is 0.190 e. The minimum absolute atomic E-state index is 0.0550. The Balaban J connectivity index is 1.08. The summed E-state index contributed by atoms with van der Waals surface area (Å²) in [4.78, 5) is 20.3. The monoisotopic (exact) mass is 698 g/mol. The first kappa shape index (κ1) is 34.1. The summed E-state index contributed by atoms with van der Waals surface area (Å²) in [6.07, 6.45) is 12.8. The molecule has 3 aromatic carbocycles. The van der Waals surface area contributed by atoms with Crippen LogP contribution in [0.4, 0.5) is 5.69 Å². The summed E-state index contributed by atoms with van der Waals surface area (Å²) in [6.45, 7) is 9.02. The summed E-state index contributed by atoms with van der Waals surface area (Å²) in [5.41, 5.74) is 2.71. The van der Waals surface area contributed by atoms with Crippen molar-refractivity contribution >= 4 is 11.5 Å². The van der Waals surface area contributed by atoms with Crippen LogP contribution in [0.1, 0.15) is 69.2 Å². The van der Waals surface area contributed by atoms with Crippen molar-refractivity contribution in [1.29, 1.82) is 0 Å². The Kier molecular flexibility index (Phi) is 7.97. The third kappa shape index (κ3) is 4.69. The Bertz CT molecular complexity index is 1930. The predicted molar refractivity (Wildman–Crippen MR) is 206 cm³/mol. The molecule has 1 heterocycles. The number of allylic oxidation sites excluding steroid dienone is 4. The number of ether oxygens (including phenoxy) is 1. The summed E-state index contributed by atoms with van der Waals surface area (Å²) in [7, 11) is 1.73. The summed E-state index contributed by atoms with van der Waals surface area (Å²) < 4.78 is 5.67. The number of rotatable bonds is 7. The highest BCUT2D eigenvalue weighted by molar-refractivity contribution is 6.14. The van der Waals surface area contributed by atoms with Gasteiger partial charge in [0, 0.05) is 60.1 Å². The van der Waals surface area contributed by atoms with Crippen molar-refractivity contribution in [3.05, 3.63) is 108 Å². The maximum Gasteiger partial charge on any atom is 0.190 e. The van der Waals surface area contributed by atoms with E-state index in [1.54, 1.807) is 7.11 Å². The van der Waals surface area contributed by atoms with E-state index in [-0.39, 0.29) is 40.0 Å².